The van der Waals surface area contributed by atoms with Gasteiger partial charge < -0.3 is 14.6 Å². The van der Waals surface area contributed by atoms with Crippen LogP contribution < -0.4 is 4.74 Å². The number of phenolic OH excluding ortho intramolecular Hbond substituents is 1. The lowest BCUT2D eigenvalue weighted by Crippen LogP contribution is -1.98. The van der Waals surface area contributed by atoms with Gasteiger partial charge in [-0.2, -0.15) is 0 Å². The van der Waals surface area contributed by atoms with Crippen molar-refractivity contribution in [3.8, 4) is 27.7 Å². The number of rotatable bonds is 7. The normalized spacial score (nSPS) is 11.4. The minimum Gasteiger partial charge on any atom is -0.508 e. The van der Waals surface area contributed by atoms with E-state index in [1.165, 1.54) is 11.6 Å². The van der Waals surface area contributed by atoms with Gasteiger partial charge in [0.1, 0.15) is 11.5 Å². The van der Waals surface area contributed by atoms with Crippen molar-refractivity contribution >= 4 is 33.5 Å². The van der Waals surface area contributed by atoms with E-state index in [0.29, 0.717) is 18.3 Å². The van der Waals surface area contributed by atoms with E-state index in [2.05, 4.69) is 32.0 Å². The zero-order chi connectivity index (χ0) is 23.4. The van der Waals surface area contributed by atoms with Crippen LogP contribution in [0.5, 0.6) is 17.2 Å². The molecule has 4 rings (SSSR count). The second-order valence-corrected chi connectivity index (χ2v) is 8.99. The number of benzene rings is 3. The summed E-state index contributed by atoms with van der Waals surface area (Å²) in [7, 11) is 0. The summed E-state index contributed by atoms with van der Waals surface area (Å²) in [4.78, 5) is 12.6. The molecule has 0 aliphatic rings. The molecule has 4 nitrogen and oxygen atoms in total. The molecule has 1 heterocycles. The lowest BCUT2D eigenvalue weighted by Gasteiger charge is -2.14. The molecule has 0 fully saturated rings. The first-order chi connectivity index (χ1) is 16.0. The highest BCUT2D eigenvalue weighted by molar-refractivity contribution is 7.22. The van der Waals surface area contributed by atoms with Gasteiger partial charge in [-0.3, -0.25) is 0 Å². The SMILES string of the molecule is CCOC(=O)/C=C/c1ccc(Oc2c(-c3ccccc3C(C)C)sc3cc(O)ccc23)cc1. The third kappa shape index (κ3) is 5.10. The van der Waals surface area contributed by atoms with E-state index in [1.807, 2.05) is 36.4 Å². The van der Waals surface area contributed by atoms with E-state index in [9.17, 15) is 9.90 Å². The highest BCUT2D eigenvalue weighted by atomic mass is 32.1. The molecular weight excluding hydrogens is 432 g/mol. The number of fused-ring (bicyclic) bond motifs is 1. The van der Waals surface area contributed by atoms with Crippen LogP contribution in [0.3, 0.4) is 0 Å². The molecule has 33 heavy (non-hydrogen) atoms. The Hall–Kier alpha value is -3.57. The topological polar surface area (TPSA) is 55.8 Å². The molecule has 0 radical (unpaired) electrons. The fourth-order valence-corrected chi connectivity index (χ4v) is 4.88. The molecule has 5 heteroatoms. The second kappa shape index (κ2) is 9.92. The van der Waals surface area contributed by atoms with Crippen molar-refractivity contribution in [3.63, 3.8) is 0 Å². The molecule has 3 aromatic carbocycles. The quantitative estimate of drug-likeness (QED) is 0.227. The summed E-state index contributed by atoms with van der Waals surface area (Å²) in [5, 5.41) is 11.0. The number of aromatic hydroxyl groups is 1. The predicted molar refractivity (Wildman–Crippen MR) is 135 cm³/mol. The van der Waals surface area contributed by atoms with E-state index in [-0.39, 0.29) is 11.7 Å². The van der Waals surface area contributed by atoms with Gasteiger partial charge in [0, 0.05) is 16.2 Å². The Morgan fingerprint density at radius 3 is 2.55 bits per heavy atom. The first-order valence-electron chi connectivity index (χ1n) is 10.9. The molecule has 1 N–H and O–H groups in total. The minimum absolute atomic E-state index is 0.233. The van der Waals surface area contributed by atoms with Gasteiger partial charge in [-0.05, 0) is 65.9 Å². The number of hydrogen-bond acceptors (Lipinski definition) is 5. The standard InChI is InChI=1S/C28H26O4S/c1-4-31-26(30)16-11-19-9-13-21(14-10-19)32-27-24-15-12-20(29)17-25(24)33-28(27)23-8-6-5-7-22(23)18(2)3/h5-18,29H,4H2,1-3H3/b16-11+. The van der Waals surface area contributed by atoms with Gasteiger partial charge in [0.15, 0.2) is 5.75 Å². The Labute approximate surface area is 197 Å². The monoisotopic (exact) mass is 458 g/mol. The number of phenols is 1. The van der Waals surface area contributed by atoms with Gasteiger partial charge in [0.05, 0.1) is 11.5 Å². The van der Waals surface area contributed by atoms with Crippen LogP contribution in [-0.4, -0.2) is 17.7 Å². The molecule has 0 unspecified atom stereocenters. The molecule has 0 amide bonds. The van der Waals surface area contributed by atoms with Gasteiger partial charge in [0.2, 0.25) is 0 Å². The number of carbonyl (C=O) groups excluding carboxylic acids is 1. The van der Waals surface area contributed by atoms with Crippen LogP contribution >= 0.6 is 11.3 Å². The van der Waals surface area contributed by atoms with Crippen molar-refractivity contribution in [1.29, 1.82) is 0 Å². The van der Waals surface area contributed by atoms with Crippen LogP contribution in [0.2, 0.25) is 0 Å². The molecule has 0 bridgehead atoms. The zero-order valence-electron chi connectivity index (χ0n) is 18.9. The largest absolute Gasteiger partial charge is 0.508 e. The summed E-state index contributed by atoms with van der Waals surface area (Å²) in [5.41, 5.74) is 3.26. The van der Waals surface area contributed by atoms with Crippen LogP contribution in [-0.2, 0) is 9.53 Å². The molecule has 0 saturated carbocycles. The van der Waals surface area contributed by atoms with Gasteiger partial charge in [-0.15, -0.1) is 11.3 Å². The summed E-state index contributed by atoms with van der Waals surface area (Å²) in [6, 6.07) is 21.3. The summed E-state index contributed by atoms with van der Waals surface area (Å²) in [6.45, 7) is 6.49. The van der Waals surface area contributed by atoms with Crippen molar-refractivity contribution in [1.82, 2.24) is 0 Å². The summed E-state index contributed by atoms with van der Waals surface area (Å²) < 4.78 is 12.3. The fourth-order valence-electron chi connectivity index (χ4n) is 3.67. The van der Waals surface area contributed by atoms with E-state index in [4.69, 9.17) is 9.47 Å². The minimum atomic E-state index is -0.362. The Balaban J connectivity index is 1.72. The van der Waals surface area contributed by atoms with Crippen LogP contribution in [0.1, 0.15) is 37.8 Å². The molecule has 4 aromatic rings. The third-order valence-electron chi connectivity index (χ3n) is 5.25. The average molecular weight is 459 g/mol. The molecule has 1 aromatic heterocycles. The van der Waals surface area contributed by atoms with Gasteiger partial charge >= 0.3 is 5.97 Å². The third-order valence-corrected chi connectivity index (χ3v) is 6.42. The molecule has 0 aliphatic heterocycles. The maximum Gasteiger partial charge on any atom is 0.330 e. The van der Waals surface area contributed by atoms with Crippen LogP contribution in [0.4, 0.5) is 0 Å². The predicted octanol–water partition coefficient (Wildman–Crippen LogP) is 7.77. The Kier molecular flexibility index (Phi) is 6.80. The highest BCUT2D eigenvalue weighted by Gasteiger charge is 2.20. The van der Waals surface area contributed by atoms with Crippen LogP contribution in [0, 0.1) is 0 Å². The molecule has 0 saturated heterocycles. The van der Waals surface area contributed by atoms with E-state index in [0.717, 1.165) is 31.8 Å². The summed E-state index contributed by atoms with van der Waals surface area (Å²) >= 11 is 1.61. The van der Waals surface area contributed by atoms with Crippen molar-refractivity contribution in [2.75, 3.05) is 6.61 Å². The van der Waals surface area contributed by atoms with Crippen molar-refractivity contribution in [2.24, 2.45) is 0 Å². The zero-order valence-corrected chi connectivity index (χ0v) is 19.7. The highest BCUT2D eigenvalue weighted by Crippen LogP contribution is 2.48. The van der Waals surface area contributed by atoms with Gasteiger partial charge in [0.25, 0.3) is 0 Å². The number of hydrogen-bond donors (Lipinski definition) is 1. The smallest absolute Gasteiger partial charge is 0.330 e. The van der Waals surface area contributed by atoms with E-state index < -0.39 is 0 Å². The molecule has 0 spiro atoms. The maximum absolute atomic E-state index is 11.5. The van der Waals surface area contributed by atoms with Crippen LogP contribution in [0.25, 0.3) is 26.6 Å². The lowest BCUT2D eigenvalue weighted by molar-refractivity contribution is -0.137. The molecular formula is C28H26O4S. The molecule has 0 atom stereocenters. The summed E-state index contributed by atoms with van der Waals surface area (Å²) in [6.07, 6.45) is 3.13. The first-order valence-corrected chi connectivity index (χ1v) is 11.8. The molecule has 168 valence electrons. The van der Waals surface area contributed by atoms with Crippen molar-refractivity contribution in [2.45, 2.75) is 26.7 Å². The summed E-state index contributed by atoms with van der Waals surface area (Å²) in [5.74, 6) is 1.70. The number of ether oxygens (including phenoxy) is 2. The van der Waals surface area contributed by atoms with Crippen molar-refractivity contribution < 1.29 is 19.4 Å². The first kappa shape index (κ1) is 22.6. The lowest BCUT2D eigenvalue weighted by atomic mass is 9.96. The van der Waals surface area contributed by atoms with E-state index >= 15 is 0 Å². The Bertz CT molecular complexity index is 1300. The van der Waals surface area contributed by atoms with Crippen molar-refractivity contribution in [3.05, 3.63) is 83.9 Å². The maximum atomic E-state index is 11.5. The second-order valence-electron chi connectivity index (χ2n) is 7.94. The fraction of sp³-hybridized carbons (Fsp3) is 0.179. The van der Waals surface area contributed by atoms with Crippen LogP contribution in [0.15, 0.2) is 72.8 Å². The molecule has 0 aliphatic carbocycles. The average Bonchev–Trinajstić information content (AvgIpc) is 3.15. The van der Waals surface area contributed by atoms with E-state index in [1.54, 1.807) is 36.5 Å². The number of carbonyl (C=O) groups is 1. The Morgan fingerprint density at radius 1 is 1.06 bits per heavy atom. The van der Waals surface area contributed by atoms with Gasteiger partial charge in [-0.25, -0.2) is 4.79 Å². The number of thiophene rings is 1. The number of esters is 1. The Morgan fingerprint density at radius 2 is 1.82 bits per heavy atom. The van der Waals surface area contributed by atoms with Gasteiger partial charge in [-0.1, -0.05) is 50.2 Å².